The summed E-state index contributed by atoms with van der Waals surface area (Å²) in [5.41, 5.74) is -0.0888. The zero-order chi connectivity index (χ0) is 13.8. The molecule has 1 saturated heterocycles. The molecule has 2 rings (SSSR count). The SMILES string of the molecule is O=C(COc1cccc([N+](=O)[O-])c1Br)C1CCOC1. The van der Waals surface area contributed by atoms with Crippen molar-refractivity contribution in [2.24, 2.45) is 5.92 Å². The van der Waals surface area contributed by atoms with E-state index in [-0.39, 0.29) is 28.5 Å². The van der Waals surface area contributed by atoms with Gasteiger partial charge in [-0.2, -0.15) is 0 Å². The van der Waals surface area contributed by atoms with E-state index in [1.54, 1.807) is 6.07 Å². The van der Waals surface area contributed by atoms with Crippen molar-refractivity contribution in [2.75, 3.05) is 19.8 Å². The zero-order valence-electron chi connectivity index (χ0n) is 10.0. The molecule has 0 amide bonds. The Bertz CT molecular complexity index is 499. The van der Waals surface area contributed by atoms with Crippen molar-refractivity contribution in [1.82, 2.24) is 0 Å². The van der Waals surface area contributed by atoms with Crippen molar-refractivity contribution in [3.05, 3.63) is 32.8 Å². The second kappa shape index (κ2) is 6.12. The number of nitro groups is 1. The quantitative estimate of drug-likeness (QED) is 0.612. The fraction of sp³-hybridized carbons (Fsp3) is 0.417. The van der Waals surface area contributed by atoms with Crippen LogP contribution < -0.4 is 4.74 Å². The van der Waals surface area contributed by atoms with Crippen LogP contribution in [0.15, 0.2) is 22.7 Å². The third kappa shape index (κ3) is 3.30. The smallest absolute Gasteiger partial charge is 0.287 e. The topological polar surface area (TPSA) is 78.7 Å². The summed E-state index contributed by atoms with van der Waals surface area (Å²) in [5.74, 6) is 0.120. The van der Waals surface area contributed by atoms with Gasteiger partial charge < -0.3 is 9.47 Å². The highest BCUT2D eigenvalue weighted by Crippen LogP contribution is 2.33. The number of carbonyl (C=O) groups is 1. The minimum atomic E-state index is -0.510. The Kier molecular flexibility index (Phi) is 4.49. The largest absolute Gasteiger partial charge is 0.484 e. The van der Waals surface area contributed by atoms with Gasteiger partial charge in [0.2, 0.25) is 0 Å². The minimum absolute atomic E-state index is 0.0455. The van der Waals surface area contributed by atoms with Gasteiger partial charge in [-0.3, -0.25) is 14.9 Å². The van der Waals surface area contributed by atoms with Gasteiger partial charge in [-0.05, 0) is 28.4 Å². The van der Waals surface area contributed by atoms with Gasteiger partial charge in [-0.1, -0.05) is 6.07 Å². The maximum absolute atomic E-state index is 11.8. The van der Waals surface area contributed by atoms with Crippen LogP contribution >= 0.6 is 15.9 Å². The van der Waals surface area contributed by atoms with Gasteiger partial charge in [0.05, 0.1) is 11.5 Å². The van der Waals surface area contributed by atoms with Crippen LogP contribution in [-0.2, 0) is 9.53 Å². The third-order valence-electron chi connectivity index (χ3n) is 2.89. The summed E-state index contributed by atoms with van der Waals surface area (Å²) >= 11 is 3.11. The lowest BCUT2D eigenvalue weighted by molar-refractivity contribution is -0.385. The predicted octanol–water partition coefficient (Wildman–Crippen LogP) is 2.34. The highest BCUT2D eigenvalue weighted by atomic mass is 79.9. The Labute approximate surface area is 118 Å². The van der Waals surface area contributed by atoms with Crippen LogP contribution in [0.2, 0.25) is 0 Å². The molecule has 0 spiro atoms. The highest BCUT2D eigenvalue weighted by Gasteiger charge is 2.24. The lowest BCUT2D eigenvalue weighted by Crippen LogP contribution is -2.21. The molecule has 1 aliphatic rings. The van der Waals surface area contributed by atoms with Gasteiger partial charge in [-0.25, -0.2) is 0 Å². The summed E-state index contributed by atoms with van der Waals surface area (Å²) < 4.78 is 10.7. The molecule has 1 aliphatic heterocycles. The molecule has 1 unspecified atom stereocenters. The molecule has 0 aromatic heterocycles. The van der Waals surface area contributed by atoms with Crippen molar-refractivity contribution in [2.45, 2.75) is 6.42 Å². The van der Waals surface area contributed by atoms with E-state index >= 15 is 0 Å². The minimum Gasteiger partial charge on any atom is -0.484 e. The number of hydrogen-bond donors (Lipinski definition) is 0. The van der Waals surface area contributed by atoms with Gasteiger partial charge in [0.25, 0.3) is 5.69 Å². The number of nitrogens with zero attached hydrogens (tertiary/aromatic N) is 1. The molecule has 0 radical (unpaired) electrons. The van der Waals surface area contributed by atoms with Gasteiger partial charge >= 0.3 is 0 Å². The maximum atomic E-state index is 11.8. The lowest BCUT2D eigenvalue weighted by Gasteiger charge is -2.10. The molecule has 1 aromatic rings. The summed E-state index contributed by atoms with van der Waals surface area (Å²) in [5, 5.41) is 10.8. The molecule has 0 N–H and O–H groups in total. The van der Waals surface area contributed by atoms with Crippen molar-refractivity contribution >= 4 is 27.4 Å². The van der Waals surface area contributed by atoms with E-state index in [1.807, 2.05) is 0 Å². The van der Waals surface area contributed by atoms with E-state index in [4.69, 9.17) is 9.47 Å². The van der Waals surface area contributed by atoms with Gasteiger partial charge in [0.15, 0.2) is 5.78 Å². The van der Waals surface area contributed by atoms with E-state index in [9.17, 15) is 14.9 Å². The molecule has 6 nitrogen and oxygen atoms in total. The number of ether oxygens (including phenoxy) is 2. The molecule has 7 heteroatoms. The van der Waals surface area contributed by atoms with Crippen molar-refractivity contribution < 1.29 is 19.2 Å². The maximum Gasteiger partial charge on any atom is 0.287 e. The second-order valence-corrected chi connectivity index (χ2v) is 4.95. The Hall–Kier alpha value is -1.47. The van der Waals surface area contributed by atoms with Crippen LogP contribution in [0.1, 0.15) is 6.42 Å². The van der Waals surface area contributed by atoms with Crippen LogP contribution in [0.25, 0.3) is 0 Å². The van der Waals surface area contributed by atoms with Crippen LogP contribution in [0, 0.1) is 16.0 Å². The number of rotatable bonds is 5. The molecule has 19 heavy (non-hydrogen) atoms. The summed E-state index contributed by atoms with van der Waals surface area (Å²) in [7, 11) is 0. The average Bonchev–Trinajstić information content (AvgIpc) is 2.90. The van der Waals surface area contributed by atoms with Crippen LogP contribution in [0.3, 0.4) is 0 Å². The van der Waals surface area contributed by atoms with Gasteiger partial charge in [0.1, 0.15) is 16.8 Å². The predicted molar refractivity (Wildman–Crippen MR) is 70.2 cm³/mol. The van der Waals surface area contributed by atoms with E-state index < -0.39 is 4.92 Å². The summed E-state index contributed by atoms with van der Waals surface area (Å²) in [6.07, 6.45) is 0.707. The molecule has 0 saturated carbocycles. The molecule has 0 aliphatic carbocycles. The standard InChI is InChI=1S/C12H12BrNO5/c13-12-9(14(16)17)2-1-3-11(12)19-7-10(15)8-4-5-18-6-8/h1-3,8H,4-7H2. The number of carbonyl (C=O) groups excluding carboxylic acids is 1. The zero-order valence-corrected chi connectivity index (χ0v) is 11.6. The van der Waals surface area contributed by atoms with Crippen LogP contribution in [-0.4, -0.2) is 30.5 Å². The van der Waals surface area contributed by atoms with E-state index in [0.29, 0.717) is 25.4 Å². The highest BCUT2D eigenvalue weighted by molar-refractivity contribution is 9.10. The Morgan fingerprint density at radius 1 is 1.58 bits per heavy atom. The summed E-state index contributed by atoms with van der Waals surface area (Å²) in [6, 6.07) is 4.46. The Morgan fingerprint density at radius 3 is 3.00 bits per heavy atom. The van der Waals surface area contributed by atoms with Crippen LogP contribution in [0.4, 0.5) is 5.69 Å². The lowest BCUT2D eigenvalue weighted by atomic mass is 10.0. The van der Waals surface area contributed by atoms with E-state index in [2.05, 4.69) is 15.9 Å². The van der Waals surface area contributed by atoms with E-state index in [1.165, 1.54) is 12.1 Å². The number of benzene rings is 1. The second-order valence-electron chi connectivity index (χ2n) is 4.16. The first-order chi connectivity index (χ1) is 9.09. The first-order valence-corrected chi connectivity index (χ1v) is 6.55. The van der Waals surface area contributed by atoms with Gasteiger partial charge in [-0.15, -0.1) is 0 Å². The Morgan fingerprint density at radius 2 is 2.37 bits per heavy atom. The molecular weight excluding hydrogens is 318 g/mol. The number of halogens is 1. The summed E-state index contributed by atoms with van der Waals surface area (Å²) in [4.78, 5) is 22.0. The molecule has 1 aromatic carbocycles. The number of ketones is 1. The number of Topliss-reactive ketones (excluding diaryl/α,β-unsaturated/α-hetero) is 1. The monoisotopic (exact) mass is 329 g/mol. The Balaban J connectivity index is 2.01. The summed E-state index contributed by atoms with van der Waals surface area (Å²) in [6.45, 7) is 0.920. The first-order valence-electron chi connectivity index (χ1n) is 5.75. The fourth-order valence-electron chi connectivity index (χ4n) is 1.81. The number of nitro benzene ring substituents is 1. The molecule has 102 valence electrons. The average molecular weight is 330 g/mol. The molecule has 1 atom stereocenters. The molecule has 0 bridgehead atoms. The normalized spacial score (nSPS) is 18.3. The first kappa shape index (κ1) is 14.0. The molecule has 1 heterocycles. The fourth-order valence-corrected chi connectivity index (χ4v) is 2.33. The van der Waals surface area contributed by atoms with Crippen molar-refractivity contribution in [3.8, 4) is 5.75 Å². The third-order valence-corrected chi connectivity index (χ3v) is 3.69. The van der Waals surface area contributed by atoms with Gasteiger partial charge in [0, 0.05) is 18.6 Å². The van der Waals surface area contributed by atoms with E-state index in [0.717, 1.165) is 0 Å². The molecule has 1 fully saturated rings. The van der Waals surface area contributed by atoms with Crippen LogP contribution in [0.5, 0.6) is 5.75 Å². The van der Waals surface area contributed by atoms with Crippen molar-refractivity contribution in [3.63, 3.8) is 0 Å². The van der Waals surface area contributed by atoms with Crippen molar-refractivity contribution in [1.29, 1.82) is 0 Å². The number of hydrogen-bond acceptors (Lipinski definition) is 5. The molecular formula is C12H12BrNO5.